The minimum absolute atomic E-state index is 0.604. The van der Waals surface area contributed by atoms with E-state index in [4.69, 9.17) is 27.9 Å². The Morgan fingerprint density at radius 2 is 1.64 bits per heavy atom. The number of hydrogen-bond acceptors (Lipinski definition) is 3. The number of methoxy groups -OCH3 is 1. The Bertz CT molecular complexity index is 814. The summed E-state index contributed by atoms with van der Waals surface area (Å²) in [5.41, 5.74) is 3.22. The van der Waals surface area contributed by atoms with E-state index < -0.39 is 0 Å². The second kappa shape index (κ2) is 8.39. The summed E-state index contributed by atoms with van der Waals surface area (Å²) in [6.07, 6.45) is 1.86. The summed E-state index contributed by atoms with van der Waals surface area (Å²) in [6, 6.07) is 15.5. The van der Waals surface area contributed by atoms with E-state index in [0.717, 1.165) is 27.8 Å². The van der Waals surface area contributed by atoms with E-state index in [0.29, 0.717) is 24.7 Å². The second-order valence-corrected chi connectivity index (χ2v) is 6.47. The molecule has 6 heteroatoms. The molecule has 0 saturated carbocycles. The molecule has 0 radical (unpaired) electrons. The van der Waals surface area contributed by atoms with Crippen molar-refractivity contribution in [2.75, 3.05) is 19.0 Å². The molecule has 4 nitrogen and oxygen atoms in total. The highest BCUT2D eigenvalue weighted by Crippen LogP contribution is 2.25. The van der Waals surface area contributed by atoms with Crippen LogP contribution in [0, 0.1) is 0 Å². The summed E-state index contributed by atoms with van der Waals surface area (Å²) in [7, 11) is 1.69. The van der Waals surface area contributed by atoms with Crippen molar-refractivity contribution in [3.8, 4) is 11.3 Å². The highest BCUT2D eigenvalue weighted by atomic mass is 35.5. The molecule has 0 aliphatic heterocycles. The zero-order valence-corrected chi connectivity index (χ0v) is 15.4. The summed E-state index contributed by atoms with van der Waals surface area (Å²) in [5, 5.41) is 4.83. The smallest absolute Gasteiger partial charge is 0.203 e. The van der Waals surface area contributed by atoms with Crippen LogP contribution in [0.2, 0.25) is 10.0 Å². The minimum Gasteiger partial charge on any atom is -0.383 e. The van der Waals surface area contributed by atoms with Gasteiger partial charge in [0, 0.05) is 30.2 Å². The number of anilines is 1. The predicted molar refractivity (Wildman–Crippen MR) is 103 cm³/mol. The van der Waals surface area contributed by atoms with Crippen molar-refractivity contribution in [1.29, 1.82) is 0 Å². The van der Waals surface area contributed by atoms with Crippen molar-refractivity contribution in [1.82, 2.24) is 9.55 Å². The van der Waals surface area contributed by atoms with Gasteiger partial charge >= 0.3 is 0 Å². The van der Waals surface area contributed by atoms with Gasteiger partial charge in [-0.2, -0.15) is 0 Å². The van der Waals surface area contributed by atoms with E-state index in [1.165, 1.54) is 0 Å². The number of imidazole rings is 1. The summed E-state index contributed by atoms with van der Waals surface area (Å²) in [5.74, 6) is 0.803. The van der Waals surface area contributed by atoms with Gasteiger partial charge in [-0.25, -0.2) is 4.98 Å². The van der Waals surface area contributed by atoms with Gasteiger partial charge in [-0.15, -0.1) is 0 Å². The van der Waals surface area contributed by atoms with Gasteiger partial charge in [0.15, 0.2) is 0 Å². The Balaban J connectivity index is 1.82. The monoisotopic (exact) mass is 375 g/mol. The predicted octanol–water partition coefficient (Wildman–Crippen LogP) is 5.12. The quantitative estimate of drug-likeness (QED) is 0.623. The maximum Gasteiger partial charge on any atom is 0.203 e. The van der Waals surface area contributed by atoms with E-state index in [9.17, 15) is 0 Å². The number of nitrogens with zero attached hydrogens (tertiary/aromatic N) is 2. The molecule has 3 aromatic rings. The van der Waals surface area contributed by atoms with Crippen LogP contribution in [-0.2, 0) is 17.8 Å². The van der Waals surface area contributed by atoms with E-state index in [1.807, 2.05) is 54.7 Å². The van der Waals surface area contributed by atoms with Gasteiger partial charge in [-0.05, 0) is 35.4 Å². The van der Waals surface area contributed by atoms with E-state index >= 15 is 0 Å². The Labute approximate surface area is 157 Å². The van der Waals surface area contributed by atoms with Crippen LogP contribution in [0.1, 0.15) is 5.56 Å². The molecule has 0 aliphatic rings. The first kappa shape index (κ1) is 17.8. The Morgan fingerprint density at radius 3 is 2.28 bits per heavy atom. The van der Waals surface area contributed by atoms with Crippen LogP contribution in [0.25, 0.3) is 11.3 Å². The first-order chi connectivity index (χ1) is 12.2. The number of ether oxygens (including phenoxy) is 1. The third-order valence-electron chi connectivity index (χ3n) is 3.88. The standard InChI is InChI=1S/C19H19Cl2N3O/c1-25-11-10-24-18(15-4-8-17(21)9-5-15)13-23-19(24)22-12-14-2-6-16(20)7-3-14/h2-9,13H,10-12H2,1H3,(H,22,23). The lowest BCUT2D eigenvalue weighted by Gasteiger charge is -2.13. The maximum atomic E-state index is 5.99. The van der Waals surface area contributed by atoms with Crippen molar-refractivity contribution < 1.29 is 4.74 Å². The number of aromatic nitrogens is 2. The van der Waals surface area contributed by atoms with Gasteiger partial charge in [0.25, 0.3) is 0 Å². The molecule has 1 aromatic heterocycles. The molecule has 3 rings (SSSR count). The normalized spacial score (nSPS) is 10.8. The van der Waals surface area contributed by atoms with Crippen LogP contribution in [0.5, 0.6) is 0 Å². The van der Waals surface area contributed by atoms with Gasteiger partial charge in [-0.1, -0.05) is 47.5 Å². The molecular formula is C19H19Cl2N3O. The Morgan fingerprint density at radius 1 is 1.00 bits per heavy atom. The molecule has 0 atom stereocenters. The van der Waals surface area contributed by atoms with Gasteiger partial charge in [0.2, 0.25) is 5.95 Å². The zero-order chi connectivity index (χ0) is 17.6. The average Bonchev–Trinajstić information content (AvgIpc) is 3.03. The lowest BCUT2D eigenvalue weighted by molar-refractivity contribution is 0.188. The largest absolute Gasteiger partial charge is 0.383 e. The molecule has 0 amide bonds. The minimum atomic E-state index is 0.604. The van der Waals surface area contributed by atoms with E-state index in [2.05, 4.69) is 14.9 Å². The molecule has 130 valence electrons. The van der Waals surface area contributed by atoms with Crippen LogP contribution in [0.3, 0.4) is 0 Å². The summed E-state index contributed by atoms with van der Waals surface area (Å²) in [4.78, 5) is 4.54. The first-order valence-corrected chi connectivity index (χ1v) is 8.71. The van der Waals surface area contributed by atoms with Crippen LogP contribution in [-0.4, -0.2) is 23.3 Å². The van der Waals surface area contributed by atoms with Crippen molar-refractivity contribution in [3.63, 3.8) is 0 Å². The van der Waals surface area contributed by atoms with Crippen LogP contribution in [0.4, 0.5) is 5.95 Å². The molecule has 0 fully saturated rings. The fraction of sp³-hybridized carbons (Fsp3) is 0.211. The lowest BCUT2D eigenvalue weighted by atomic mass is 10.2. The van der Waals surface area contributed by atoms with Gasteiger partial charge < -0.3 is 14.6 Å². The topological polar surface area (TPSA) is 39.1 Å². The molecule has 0 unspecified atom stereocenters. The molecule has 1 N–H and O–H groups in total. The van der Waals surface area contributed by atoms with Crippen molar-refractivity contribution in [2.45, 2.75) is 13.1 Å². The summed E-state index contributed by atoms with van der Waals surface area (Å²) < 4.78 is 7.36. The first-order valence-electron chi connectivity index (χ1n) is 7.96. The van der Waals surface area contributed by atoms with Gasteiger partial charge in [-0.3, -0.25) is 0 Å². The van der Waals surface area contributed by atoms with E-state index in [-0.39, 0.29) is 0 Å². The van der Waals surface area contributed by atoms with E-state index in [1.54, 1.807) is 7.11 Å². The highest BCUT2D eigenvalue weighted by molar-refractivity contribution is 6.30. The fourth-order valence-electron chi connectivity index (χ4n) is 2.56. The second-order valence-electron chi connectivity index (χ2n) is 5.60. The summed E-state index contributed by atoms with van der Waals surface area (Å²) in [6.45, 7) is 1.98. The van der Waals surface area contributed by atoms with Crippen LogP contribution >= 0.6 is 23.2 Å². The molecule has 25 heavy (non-hydrogen) atoms. The number of rotatable bonds is 7. The molecule has 0 bridgehead atoms. The third-order valence-corrected chi connectivity index (χ3v) is 4.38. The fourth-order valence-corrected chi connectivity index (χ4v) is 2.81. The highest BCUT2D eigenvalue weighted by Gasteiger charge is 2.11. The van der Waals surface area contributed by atoms with Crippen LogP contribution in [0.15, 0.2) is 54.7 Å². The Hall–Kier alpha value is -2.01. The zero-order valence-electron chi connectivity index (χ0n) is 13.9. The van der Waals surface area contributed by atoms with Crippen molar-refractivity contribution in [2.24, 2.45) is 0 Å². The van der Waals surface area contributed by atoms with Crippen LogP contribution < -0.4 is 5.32 Å². The molecule has 0 spiro atoms. The number of halogens is 2. The lowest BCUT2D eigenvalue weighted by Crippen LogP contribution is -2.11. The van der Waals surface area contributed by atoms with Crippen molar-refractivity contribution >= 4 is 29.2 Å². The molecule has 2 aromatic carbocycles. The molecule has 0 aliphatic carbocycles. The van der Waals surface area contributed by atoms with Gasteiger partial charge in [0.05, 0.1) is 18.5 Å². The maximum absolute atomic E-state index is 5.99. The number of benzene rings is 2. The Kier molecular flexibility index (Phi) is 5.97. The molecular weight excluding hydrogens is 357 g/mol. The number of hydrogen-bond donors (Lipinski definition) is 1. The van der Waals surface area contributed by atoms with Gasteiger partial charge in [0.1, 0.15) is 0 Å². The van der Waals surface area contributed by atoms with Crippen molar-refractivity contribution in [3.05, 3.63) is 70.3 Å². The molecule has 1 heterocycles. The summed E-state index contributed by atoms with van der Waals surface area (Å²) >= 11 is 11.9. The number of nitrogens with one attached hydrogen (secondary N) is 1. The SMILES string of the molecule is COCCn1c(-c2ccc(Cl)cc2)cnc1NCc1ccc(Cl)cc1. The third kappa shape index (κ3) is 4.54. The average molecular weight is 376 g/mol. The molecule has 0 saturated heterocycles.